The molecule has 2 amide bonds. The third kappa shape index (κ3) is 3.42. The summed E-state index contributed by atoms with van der Waals surface area (Å²) < 4.78 is 46.2. The monoisotopic (exact) mass is 419 g/mol. The number of fused-ring (bicyclic) bond motifs is 2. The van der Waals surface area contributed by atoms with E-state index < -0.39 is 23.9 Å². The molecule has 0 aliphatic carbocycles. The number of carbonyl (C=O) groups excluding carboxylic acids is 2. The average molecular weight is 419 g/mol. The highest BCUT2D eigenvalue weighted by Crippen LogP contribution is 2.33. The van der Waals surface area contributed by atoms with Gasteiger partial charge in [0, 0.05) is 11.4 Å². The van der Waals surface area contributed by atoms with Gasteiger partial charge in [-0.2, -0.15) is 18.3 Å². The molecule has 1 aliphatic heterocycles. The number of aromatic nitrogens is 3. The van der Waals surface area contributed by atoms with Crippen LogP contribution in [-0.4, -0.2) is 32.5 Å². The molecule has 0 unspecified atom stereocenters. The predicted octanol–water partition coefficient (Wildman–Crippen LogP) is 3.28. The van der Waals surface area contributed by atoms with E-state index in [1.807, 2.05) is 0 Å². The highest BCUT2D eigenvalue weighted by Gasteiger charge is 2.35. The van der Waals surface area contributed by atoms with E-state index in [-0.39, 0.29) is 29.2 Å². The second-order valence-electron chi connectivity index (χ2n) is 6.69. The SMILES string of the molecule is CCc1cc(C(F)(F)F)n2ncc(C(=O)Nc3ccc4c(c3)NC(=O)[C@H](C)O4)c2n1. The Morgan fingerprint density at radius 2 is 2.10 bits per heavy atom. The van der Waals surface area contributed by atoms with Crippen LogP contribution in [0.3, 0.4) is 0 Å². The molecular weight excluding hydrogens is 403 g/mol. The third-order valence-electron chi connectivity index (χ3n) is 4.59. The smallest absolute Gasteiger partial charge is 0.433 e. The molecule has 0 bridgehead atoms. The number of nitrogens with one attached hydrogen (secondary N) is 2. The van der Waals surface area contributed by atoms with E-state index in [1.54, 1.807) is 26.0 Å². The summed E-state index contributed by atoms with van der Waals surface area (Å²) in [4.78, 5) is 28.6. The van der Waals surface area contributed by atoms with Crippen molar-refractivity contribution < 1.29 is 27.5 Å². The van der Waals surface area contributed by atoms with Crippen LogP contribution in [0.1, 0.15) is 35.6 Å². The number of ether oxygens (including phenoxy) is 1. The molecule has 1 atom stereocenters. The molecular formula is C19H16F3N5O3. The van der Waals surface area contributed by atoms with Crippen molar-refractivity contribution in [1.29, 1.82) is 0 Å². The minimum atomic E-state index is -4.65. The maximum Gasteiger partial charge on any atom is 0.433 e. The van der Waals surface area contributed by atoms with Gasteiger partial charge in [0.15, 0.2) is 11.8 Å². The number of anilines is 2. The highest BCUT2D eigenvalue weighted by atomic mass is 19.4. The van der Waals surface area contributed by atoms with Crippen molar-refractivity contribution in [3.8, 4) is 5.75 Å². The summed E-state index contributed by atoms with van der Waals surface area (Å²) in [5.41, 5.74) is -0.427. The minimum Gasteiger partial charge on any atom is -0.479 e. The van der Waals surface area contributed by atoms with Crippen molar-refractivity contribution in [3.05, 3.63) is 47.4 Å². The number of benzene rings is 1. The first kappa shape index (κ1) is 19.7. The van der Waals surface area contributed by atoms with E-state index in [4.69, 9.17) is 4.74 Å². The van der Waals surface area contributed by atoms with E-state index in [9.17, 15) is 22.8 Å². The quantitative estimate of drug-likeness (QED) is 0.679. The van der Waals surface area contributed by atoms with Crippen LogP contribution in [-0.2, 0) is 17.4 Å². The van der Waals surface area contributed by atoms with Gasteiger partial charge in [-0.15, -0.1) is 0 Å². The Balaban J connectivity index is 1.68. The first-order valence-corrected chi connectivity index (χ1v) is 9.05. The second kappa shape index (κ2) is 7.01. The highest BCUT2D eigenvalue weighted by molar-refractivity contribution is 6.08. The van der Waals surface area contributed by atoms with Gasteiger partial charge in [0.25, 0.3) is 11.8 Å². The molecule has 156 valence electrons. The first-order chi connectivity index (χ1) is 14.2. The van der Waals surface area contributed by atoms with E-state index >= 15 is 0 Å². The number of rotatable bonds is 3. The molecule has 2 aromatic heterocycles. The number of carbonyl (C=O) groups is 2. The zero-order valence-corrected chi connectivity index (χ0v) is 15.9. The van der Waals surface area contributed by atoms with Gasteiger partial charge in [-0.3, -0.25) is 9.59 Å². The molecule has 11 heteroatoms. The molecule has 30 heavy (non-hydrogen) atoms. The summed E-state index contributed by atoms with van der Waals surface area (Å²) in [6.07, 6.45) is -4.00. The molecule has 8 nitrogen and oxygen atoms in total. The molecule has 0 spiro atoms. The van der Waals surface area contributed by atoms with Crippen LogP contribution in [0.25, 0.3) is 5.65 Å². The normalized spacial score (nSPS) is 16.0. The molecule has 1 aromatic carbocycles. The number of nitrogens with zero attached hydrogens (tertiary/aromatic N) is 3. The van der Waals surface area contributed by atoms with Crippen molar-refractivity contribution in [2.45, 2.75) is 32.5 Å². The molecule has 1 aliphatic rings. The summed E-state index contributed by atoms with van der Waals surface area (Å²) in [6.45, 7) is 3.27. The van der Waals surface area contributed by atoms with Gasteiger partial charge in [0.1, 0.15) is 17.0 Å². The largest absolute Gasteiger partial charge is 0.479 e. The summed E-state index contributed by atoms with van der Waals surface area (Å²) in [7, 11) is 0. The zero-order valence-electron chi connectivity index (χ0n) is 15.9. The molecule has 0 saturated carbocycles. The first-order valence-electron chi connectivity index (χ1n) is 9.05. The Labute approximate surface area is 168 Å². The standard InChI is InChI=1S/C19H16F3N5O3/c1-3-10-7-15(19(20,21)22)27-16(24-10)12(8-23-27)18(29)25-11-4-5-14-13(6-11)26-17(28)9(2)30-14/h4-9H,3H2,1-2H3,(H,25,29)(H,26,28)/t9-/m0/s1. The second-order valence-corrected chi connectivity index (χ2v) is 6.69. The van der Waals surface area contributed by atoms with Gasteiger partial charge in [-0.1, -0.05) is 6.92 Å². The van der Waals surface area contributed by atoms with Crippen LogP contribution in [0.4, 0.5) is 24.5 Å². The van der Waals surface area contributed by atoms with Gasteiger partial charge in [0.2, 0.25) is 0 Å². The topological polar surface area (TPSA) is 97.6 Å². The van der Waals surface area contributed by atoms with Gasteiger partial charge >= 0.3 is 6.18 Å². The molecule has 0 saturated heterocycles. The van der Waals surface area contributed by atoms with Crippen LogP contribution in [0.15, 0.2) is 30.5 Å². The van der Waals surface area contributed by atoms with Crippen LogP contribution >= 0.6 is 0 Å². The van der Waals surface area contributed by atoms with Gasteiger partial charge in [-0.25, -0.2) is 9.50 Å². The van der Waals surface area contributed by atoms with E-state index in [1.165, 1.54) is 6.07 Å². The van der Waals surface area contributed by atoms with Crippen molar-refractivity contribution >= 4 is 28.8 Å². The summed E-state index contributed by atoms with van der Waals surface area (Å²) >= 11 is 0. The molecule has 4 rings (SSSR count). The lowest BCUT2D eigenvalue weighted by molar-refractivity contribution is -0.142. The fourth-order valence-corrected chi connectivity index (χ4v) is 3.04. The van der Waals surface area contributed by atoms with Crippen LogP contribution in [0.5, 0.6) is 5.75 Å². The Hall–Kier alpha value is -3.63. The predicted molar refractivity (Wildman–Crippen MR) is 100 cm³/mol. The van der Waals surface area contributed by atoms with Gasteiger partial charge in [0.05, 0.1) is 11.9 Å². The molecule has 0 fully saturated rings. The minimum absolute atomic E-state index is 0.109. The Kier molecular flexibility index (Phi) is 4.60. The van der Waals surface area contributed by atoms with Gasteiger partial charge in [-0.05, 0) is 37.6 Å². The fraction of sp³-hybridized carbons (Fsp3) is 0.263. The maximum atomic E-state index is 13.4. The molecule has 3 aromatic rings. The Bertz CT molecular complexity index is 1170. The lowest BCUT2D eigenvalue weighted by Gasteiger charge is -2.23. The van der Waals surface area contributed by atoms with E-state index in [0.29, 0.717) is 21.6 Å². The van der Waals surface area contributed by atoms with Crippen molar-refractivity contribution in [2.24, 2.45) is 0 Å². The number of amides is 2. The molecule has 3 heterocycles. The average Bonchev–Trinajstić information content (AvgIpc) is 3.11. The summed E-state index contributed by atoms with van der Waals surface area (Å²) in [6, 6.07) is 5.54. The third-order valence-corrected chi connectivity index (χ3v) is 4.59. The van der Waals surface area contributed by atoms with Gasteiger partial charge < -0.3 is 15.4 Å². The zero-order chi connectivity index (χ0) is 21.6. The number of hydrogen-bond donors (Lipinski definition) is 2. The van der Waals surface area contributed by atoms with Crippen LogP contribution < -0.4 is 15.4 Å². The van der Waals surface area contributed by atoms with Crippen molar-refractivity contribution in [3.63, 3.8) is 0 Å². The number of hydrogen-bond acceptors (Lipinski definition) is 5. The lowest BCUT2D eigenvalue weighted by atomic mass is 10.2. The fourth-order valence-electron chi connectivity index (χ4n) is 3.04. The van der Waals surface area contributed by atoms with E-state index in [2.05, 4.69) is 20.7 Å². The molecule has 0 radical (unpaired) electrons. The summed E-state index contributed by atoms with van der Waals surface area (Å²) in [5.74, 6) is -0.569. The van der Waals surface area contributed by atoms with Crippen LogP contribution in [0.2, 0.25) is 0 Å². The summed E-state index contributed by atoms with van der Waals surface area (Å²) in [5, 5.41) is 8.95. The van der Waals surface area contributed by atoms with Crippen LogP contribution in [0, 0.1) is 0 Å². The Morgan fingerprint density at radius 1 is 1.33 bits per heavy atom. The lowest BCUT2D eigenvalue weighted by Crippen LogP contribution is -2.34. The molecule has 2 N–H and O–H groups in total. The number of halogens is 3. The number of aryl methyl sites for hydroxylation is 1. The number of alkyl halides is 3. The maximum absolute atomic E-state index is 13.4. The van der Waals surface area contributed by atoms with E-state index in [0.717, 1.165) is 12.3 Å². The Morgan fingerprint density at radius 3 is 2.80 bits per heavy atom. The van der Waals surface area contributed by atoms with Crippen molar-refractivity contribution in [1.82, 2.24) is 14.6 Å². The van der Waals surface area contributed by atoms with Crippen molar-refractivity contribution in [2.75, 3.05) is 10.6 Å².